The second kappa shape index (κ2) is 52.0. The Bertz CT molecular complexity index is 1300. The molecule has 0 aliphatic rings. The van der Waals surface area contributed by atoms with Gasteiger partial charge in [0.15, 0.2) is 6.10 Å². The summed E-state index contributed by atoms with van der Waals surface area (Å²) in [4.78, 5) is 38.0. The number of unbranched alkanes of at least 4 members (excludes halogenated alkanes) is 19. The average Bonchev–Trinajstić information content (AvgIpc) is 3.29. The Balaban J connectivity index is 4.43. The van der Waals surface area contributed by atoms with Crippen LogP contribution in [-0.4, -0.2) is 37.2 Å². The topological polar surface area (TPSA) is 78.9 Å². The number of hydrogen-bond acceptors (Lipinski definition) is 6. The molecule has 0 aliphatic heterocycles. The predicted molar refractivity (Wildman–Crippen MR) is 274 cm³/mol. The first-order valence-electron chi connectivity index (χ1n) is 26.2. The van der Waals surface area contributed by atoms with Crippen molar-refractivity contribution in [2.45, 2.75) is 239 Å². The van der Waals surface area contributed by atoms with E-state index in [1.54, 1.807) is 0 Å². The average molecular weight is 889 g/mol. The molecular formula is C58H96O6. The summed E-state index contributed by atoms with van der Waals surface area (Å²) in [6.45, 7) is 6.36. The van der Waals surface area contributed by atoms with E-state index in [2.05, 4.69) is 118 Å². The van der Waals surface area contributed by atoms with Crippen LogP contribution in [0.4, 0.5) is 0 Å². The standard InChI is InChI=1S/C58H96O6/c1-4-7-10-13-16-19-22-24-26-28-29-31-32-34-36-39-42-45-48-51-57(60)63-54-55(53-62-56(59)50-47-44-41-38-21-18-15-12-9-6-3)64-58(61)52-49-46-43-40-37-35-33-30-27-25-23-20-17-14-11-8-5-2/h7-8,10-11,16-17,19-20,24-27,29,31,34,36,55H,4-6,9,12-15,18,21-23,28,30,32-33,35,37-54H2,1-3H3/b10-7-,11-8-,19-16-,20-17-,26-24-,27-25-,31-29-,36-34-. The summed E-state index contributed by atoms with van der Waals surface area (Å²) in [5, 5.41) is 0. The molecule has 0 aromatic heterocycles. The molecule has 0 aliphatic carbocycles. The Morgan fingerprint density at radius 1 is 0.328 bits per heavy atom. The Morgan fingerprint density at radius 2 is 0.609 bits per heavy atom. The minimum Gasteiger partial charge on any atom is -0.462 e. The van der Waals surface area contributed by atoms with Crippen LogP contribution in [0.1, 0.15) is 233 Å². The number of carbonyl (C=O) groups is 3. The highest BCUT2D eigenvalue weighted by Crippen LogP contribution is 2.14. The lowest BCUT2D eigenvalue weighted by Gasteiger charge is -2.18. The normalized spacial score (nSPS) is 12.9. The molecule has 0 heterocycles. The molecule has 64 heavy (non-hydrogen) atoms. The van der Waals surface area contributed by atoms with Crippen molar-refractivity contribution in [2.24, 2.45) is 0 Å². The Labute approximate surface area is 394 Å². The van der Waals surface area contributed by atoms with Gasteiger partial charge < -0.3 is 14.2 Å². The number of carbonyl (C=O) groups excluding carboxylic acids is 3. The molecule has 364 valence electrons. The number of rotatable bonds is 46. The van der Waals surface area contributed by atoms with E-state index >= 15 is 0 Å². The Kier molecular flexibility index (Phi) is 49.0. The second-order valence-corrected chi connectivity index (χ2v) is 17.0. The van der Waals surface area contributed by atoms with E-state index in [9.17, 15) is 14.4 Å². The molecule has 6 nitrogen and oxygen atoms in total. The van der Waals surface area contributed by atoms with Gasteiger partial charge in [0, 0.05) is 19.3 Å². The predicted octanol–water partition coefficient (Wildman–Crippen LogP) is 17.4. The molecular weight excluding hydrogens is 793 g/mol. The van der Waals surface area contributed by atoms with Crippen molar-refractivity contribution in [2.75, 3.05) is 13.2 Å². The van der Waals surface area contributed by atoms with Crippen LogP contribution in [-0.2, 0) is 28.6 Å². The number of allylic oxidation sites excluding steroid dienone is 16. The van der Waals surface area contributed by atoms with Gasteiger partial charge in [0.2, 0.25) is 0 Å². The minimum absolute atomic E-state index is 0.0919. The van der Waals surface area contributed by atoms with Crippen molar-refractivity contribution in [3.05, 3.63) is 97.2 Å². The van der Waals surface area contributed by atoms with Crippen LogP contribution in [0.5, 0.6) is 0 Å². The largest absolute Gasteiger partial charge is 0.462 e. The van der Waals surface area contributed by atoms with Crippen molar-refractivity contribution >= 4 is 17.9 Å². The van der Waals surface area contributed by atoms with E-state index in [1.807, 2.05) is 0 Å². The zero-order chi connectivity index (χ0) is 46.5. The monoisotopic (exact) mass is 889 g/mol. The third-order valence-corrected chi connectivity index (χ3v) is 10.8. The van der Waals surface area contributed by atoms with E-state index < -0.39 is 6.10 Å². The van der Waals surface area contributed by atoms with Crippen LogP contribution < -0.4 is 0 Å². The fourth-order valence-electron chi connectivity index (χ4n) is 6.95. The summed E-state index contributed by atoms with van der Waals surface area (Å²) in [5.41, 5.74) is 0. The summed E-state index contributed by atoms with van der Waals surface area (Å²) in [5.74, 6) is -0.939. The summed E-state index contributed by atoms with van der Waals surface area (Å²) in [6, 6.07) is 0. The highest BCUT2D eigenvalue weighted by molar-refractivity contribution is 5.71. The SMILES string of the molecule is CC/C=C\C/C=C\C/C=C\C/C=C\C/C=C\CCCCCC(=O)OCC(COC(=O)CCCCCCCCCCCC)OC(=O)CCCCCCCCC/C=C\C/C=C\C/C=C\CC. The van der Waals surface area contributed by atoms with Crippen molar-refractivity contribution in [3.63, 3.8) is 0 Å². The minimum atomic E-state index is -0.795. The molecule has 0 aromatic carbocycles. The summed E-state index contributed by atoms with van der Waals surface area (Å²) in [6.07, 6.45) is 68.2. The lowest BCUT2D eigenvalue weighted by atomic mass is 10.1. The van der Waals surface area contributed by atoms with Crippen molar-refractivity contribution < 1.29 is 28.6 Å². The summed E-state index contributed by atoms with van der Waals surface area (Å²) < 4.78 is 16.8. The smallest absolute Gasteiger partial charge is 0.306 e. The van der Waals surface area contributed by atoms with Gasteiger partial charge in [-0.25, -0.2) is 0 Å². The molecule has 0 amide bonds. The van der Waals surface area contributed by atoms with Gasteiger partial charge >= 0.3 is 17.9 Å². The Hall–Kier alpha value is -3.67. The van der Waals surface area contributed by atoms with Crippen molar-refractivity contribution in [3.8, 4) is 0 Å². The maximum atomic E-state index is 12.8. The van der Waals surface area contributed by atoms with Gasteiger partial charge in [-0.15, -0.1) is 0 Å². The van der Waals surface area contributed by atoms with Gasteiger partial charge in [-0.2, -0.15) is 0 Å². The zero-order valence-electron chi connectivity index (χ0n) is 41.5. The van der Waals surface area contributed by atoms with Crippen molar-refractivity contribution in [1.82, 2.24) is 0 Å². The third-order valence-electron chi connectivity index (χ3n) is 10.8. The van der Waals surface area contributed by atoms with E-state index in [4.69, 9.17) is 14.2 Å². The van der Waals surface area contributed by atoms with E-state index in [0.29, 0.717) is 19.3 Å². The molecule has 0 N–H and O–H groups in total. The van der Waals surface area contributed by atoms with E-state index in [1.165, 1.54) is 70.6 Å². The summed E-state index contributed by atoms with van der Waals surface area (Å²) >= 11 is 0. The first-order chi connectivity index (χ1) is 31.5. The molecule has 6 heteroatoms. The molecule has 0 bridgehead atoms. The number of ether oxygens (including phenoxy) is 3. The second-order valence-electron chi connectivity index (χ2n) is 17.0. The van der Waals surface area contributed by atoms with Crippen LogP contribution >= 0.6 is 0 Å². The number of hydrogen-bond donors (Lipinski definition) is 0. The quantitative estimate of drug-likeness (QED) is 0.0262. The Morgan fingerprint density at radius 3 is 0.969 bits per heavy atom. The zero-order valence-corrected chi connectivity index (χ0v) is 41.5. The van der Waals surface area contributed by atoms with Gasteiger partial charge in [0.05, 0.1) is 0 Å². The molecule has 0 rings (SSSR count). The molecule has 1 unspecified atom stereocenters. The first-order valence-corrected chi connectivity index (χ1v) is 26.2. The lowest BCUT2D eigenvalue weighted by Crippen LogP contribution is -2.30. The molecule has 0 saturated carbocycles. The molecule has 0 radical (unpaired) electrons. The summed E-state index contributed by atoms with van der Waals surface area (Å²) in [7, 11) is 0. The highest BCUT2D eigenvalue weighted by Gasteiger charge is 2.19. The van der Waals surface area contributed by atoms with Gasteiger partial charge in [-0.1, -0.05) is 214 Å². The number of esters is 3. The van der Waals surface area contributed by atoms with Gasteiger partial charge in [0.25, 0.3) is 0 Å². The van der Waals surface area contributed by atoms with Gasteiger partial charge in [0.1, 0.15) is 13.2 Å². The molecule has 0 aromatic rings. The van der Waals surface area contributed by atoms with Crippen LogP contribution in [0.15, 0.2) is 97.2 Å². The molecule has 0 saturated heterocycles. The fourth-order valence-corrected chi connectivity index (χ4v) is 6.95. The fraction of sp³-hybridized carbons (Fsp3) is 0.672. The maximum absolute atomic E-state index is 12.8. The van der Waals surface area contributed by atoms with Crippen molar-refractivity contribution in [1.29, 1.82) is 0 Å². The van der Waals surface area contributed by atoms with Crippen LogP contribution in [0.2, 0.25) is 0 Å². The van der Waals surface area contributed by atoms with Crippen LogP contribution in [0, 0.1) is 0 Å². The van der Waals surface area contributed by atoms with Gasteiger partial charge in [-0.3, -0.25) is 14.4 Å². The van der Waals surface area contributed by atoms with Gasteiger partial charge in [-0.05, 0) is 96.3 Å². The lowest BCUT2D eigenvalue weighted by molar-refractivity contribution is -0.167. The van der Waals surface area contributed by atoms with Crippen LogP contribution in [0.3, 0.4) is 0 Å². The molecule has 1 atom stereocenters. The first kappa shape index (κ1) is 60.3. The molecule has 0 fully saturated rings. The molecule has 0 spiro atoms. The van der Waals surface area contributed by atoms with Crippen LogP contribution in [0.25, 0.3) is 0 Å². The van der Waals surface area contributed by atoms with E-state index in [0.717, 1.165) is 122 Å². The highest BCUT2D eigenvalue weighted by atomic mass is 16.6. The maximum Gasteiger partial charge on any atom is 0.306 e. The van der Waals surface area contributed by atoms with E-state index in [-0.39, 0.29) is 31.1 Å². The third kappa shape index (κ3) is 49.3.